The molecule has 0 aromatic heterocycles. The number of sulfonamides is 1. The summed E-state index contributed by atoms with van der Waals surface area (Å²) in [5.74, 6) is -4.58. The summed E-state index contributed by atoms with van der Waals surface area (Å²) >= 11 is 5.20. The first-order chi connectivity index (χ1) is 7.35. The number of alkyl halides is 1. The molecule has 0 bridgehead atoms. The highest BCUT2D eigenvalue weighted by molar-refractivity contribution is 7.92. The van der Waals surface area contributed by atoms with Crippen molar-refractivity contribution in [3.05, 3.63) is 29.6 Å². The lowest BCUT2D eigenvalue weighted by molar-refractivity contribution is 0.496. The number of anilines is 1. The zero-order chi connectivity index (χ0) is 12.3. The molecule has 0 saturated heterocycles. The summed E-state index contributed by atoms with van der Waals surface area (Å²) in [6, 6.07) is 0.685. The van der Waals surface area contributed by atoms with Crippen LogP contribution in [0.2, 0.25) is 0 Å². The normalized spacial score (nSPS) is 11.5. The van der Waals surface area contributed by atoms with Crippen molar-refractivity contribution in [3.8, 4) is 0 Å². The standard InChI is InChI=1S/C8H7ClF3NO2S/c9-1-2-16(14,15)13-8-4-6(11)5(10)3-7(8)12/h3-4,13H,1-2H2. The van der Waals surface area contributed by atoms with E-state index in [2.05, 4.69) is 0 Å². The predicted molar refractivity (Wildman–Crippen MR) is 54.4 cm³/mol. The van der Waals surface area contributed by atoms with Crippen LogP contribution in [0.25, 0.3) is 0 Å². The Morgan fingerprint density at radius 1 is 1.12 bits per heavy atom. The van der Waals surface area contributed by atoms with Crippen LogP contribution in [0.1, 0.15) is 0 Å². The van der Waals surface area contributed by atoms with Crippen LogP contribution >= 0.6 is 11.6 Å². The second-order valence-corrected chi connectivity index (χ2v) is 5.08. The van der Waals surface area contributed by atoms with Crippen LogP contribution in [0.4, 0.5) is 18.9 Å². The molecule has 0 aliphatic rings. The predicted octanol–water partition coefficient (Wildman–Crippen LogP) is 2.08. The molecule has 0 aliphatic carbocycles. The van der Waals surface area contributed by atoms with Crippen molar-refractivity contribution in [2.45, 2.75) is 0 Å². The highest BCUT2D eigenvalue weighted by Crippen LogP contribution is 2.19. The second-order valence-electron chi connectivity index (χ2n) is 2.86. The van der Waals surface area contributed by atoms with Gasteiger partial charge in [0.05, 0.1) is 11.4 Å². The Bertz CT molecular complexity index is 492. The minimum atomic E-state index is -3.85. The molecule has 1 rings (SSSR count). The minimum Gasteiger partial charge on any atom is -0.280 e. The molecule has 16 heavy (non-hydrogen) atoms. The van der Waals surface area contributed by atoms with E-state index in [9.17, 15) is 21.6 Å². The Hall–Kier alpha value is -0.950. The zero-order valence-electron chi connectivity index (χ0n) is 7.81. The first-order valence-corrected chi connectivity index (χ1v) is 6.25. The maximum Gasteiger partial charge on any atom is 0.233 e. The molecule has 0 spiro atoms. The van der Waals surface area contributed by atoms with Crippen molar-refractivity contribution in [3.63, 3.8) is 0 Å². The molecule has 1 aromatic rings. The van der Waals surface area contributed by atoms with E-state index in [0.29, 0.717) is 6.07 Å². The minimum absolute atomic E-state index is 0.194. The Morgan fingerprint density at radius 3 is 2.25 bits per heavy atom. The van der Waals surface area contributed by atoms with Crippen LogP contribution in [0, 0.1) is 17.5 Å². The summed E-state index contributed by atoms with van der Waals surface area (Å²) in [5, 5.41) is 0. The van der Waals surface area contributed by atoms with Crippen LogP contribution in [0.5, 0.6) is 0 Å². The molecule has 0 aliphatic heterocycles. The Kier molecular flexibility index (Phi) is 4.03. The quantitative estimate of drug-likeness (QED) is 0.674. The third-order valence-corrected chi connectivity index (χ3v) is 3.31. The Balaban J connectivity index is 3.03. The van der Waals surface area contributed by atoms with Crippen LogP contribution in [0.15, 0.2) is 12.1 Å². The summed E-state index contributed by atoms with van der Waals surface area (Å²) in [7, 11) is -3.85. The molecule has 0 radical (unpaired) electrons. The number of hydrogen-bond donors (Lipinski definition) is 1. The molecule has 0 heterocycles. The SMILES string of the molecule is O=S(=O)(CCCl)Nc1cc(F)c(F)cc1F. The summed E-state index contributed by atoms with van der Waals surface area (Å²) < 4.78 is 62.4. The molecular weight excluding hydrogens is 267 g/mol. The maximum atomic E-state index is 13.0. The Labute approximate surface area is 95.3 Å². The molecule has 0 unspecified atom stereocenters. The number of nitrogens with one attached hydrogen (secondary N) is 1. The van der Waals surface area contributed by atoms with Crippen LogP contribution < -0.4 is 4.72 Å². The molecule has 8 heteroatoms. The maximum absolute atomic E-state index is 13.0. The second kappa shape index (κ2) is 4.92. The Morgan fingerprint density at radius 2 is 1.69 bits per heavy atom. The van der Waals surface area contributed by atoms with Gasteiger partial charge in [-0.1, -0.05) is 0 Å². The van der Waals surface area contributed by atoms with Gasteiger partial charge in [-0.2, -0.15) is 0 Å². The van der Waals surface area contributed by atoms with E-state index in [0.717, 1.165) is 0 Å². The fraction of sp³-hybridized carbons (Fsp3) is 0.250. The fourth-order valence-electron chi connectivity index (χ4n) is 0.921. The highest BCUT2D eigenvalue weighted by Gasteiger charge is 2.15. The first kappa shape index (κ1) is 13.1. The van der Waals surface area contributed by atoms with Gasteiger partial charge in [0.25, 0.3) is 0 Å². The van der Waals surface area contributed by atoms with Gasteiger partial charge in [0.2, 0.25) is 10.0 Å². The van der Waals surface area contributed by atoms with Crippen molar-refractivity contribution in [2.75, 3.05) is 16.4 Å². The van der Waals surface area contributed by atoms with Gasteiger partial charge in [-0.25, -0.2) is 21.6 Å². The van der Waals surface area contributed by atoms with Crippen molar-refractivity contribution < 1.29 is 21.6 Å². The van der Waals surface area contributed by atoms with Gasteiger partial charge in [-0.3, -0.25) is 4.72 Å². The highest BCUT2D eigenvalue weighted by atomic mass is 35.5. The number of hydrogen-bond acceptors (Lipinski definition) is 2. The van der Waals surface area contributed by atoms with E-state index >= 15 is 0 Å². The van der Waals surface area contributed by atoms with E-state index in [-0.39, 0.29) is 11.9 Å². The summed E-state index contributed by atoms with van der Waals surface area (Å²) in [6.07, 6.45) is 0. The average molecular weight is 274 g/mol. The third-order valence-electron chi connectivity index (χ3n) is 1.62. The molecular formula is C8H7ClF3NO2S. The first-order valence-electron chi connectivity index (χ1n) is 4.07. The lowest BCUT2D eigenvalue weighted by Gasteiger charge is -2.07. The molecule has 0 atom stereocenters. The average Bonchev–Trinajstić information content (AvgIpc) is 2.13. The summed E-state index contributed by atoms with van der Waals surface area (Å²) in [6.45, 7) is 0. The molecule has 1 N–H and O–H groups in total. The lowest BCUT2D eigenvalue weighted by atomic mass is 10.3. The van der Waals surface area contributed by atoms with E-state index in [4.69, 9.17) is 11.6 Å². The molecule has 1 aromatic carbocycles. The molecule has 0 saturated carbocycles. The summed E-state index contributed by atoms with van der Waals surface area (Å²) in [5.41, 5.74) is -0.649. The number of halogens is 4. The smallest absolute Gasteiger partial charge is 0.233 e. The monoisotopic (exact) mass is 273 g/mol. The van der Waals surface area contributed by atoms with Crippen molar-refractivity contribution in [2.24, 2.45) is 0 Å². The van der Waals surface area contributed by atoms with Crippen molar-refractivity contribution >= 4 is 27.3 Å². The van der Waals surface area contributed by atoms with E-state index in [1.807, 2.05) is 0 Å². The van der Waals surface area contributed by atoms with Crippen LogP contribution in [-0.4, -0.2) is 20.1 Å². The fourth-order valence-corrected chi connectivity index (χ4v) is 2.33. The van der Waals surface area contributed by atoms with Gasteiger partial charge in [-0.15, -0.1) is 11.6 Å². The largest absolute Gasteiger partial charge is 0.280 e. The van der Waals surface area contributed by atoms with E-state index < -0.39 is 38.9 Å². The topological polar surface area (TPSA) is 46.2 Å². The van der Waals surface area contributed by atoms with E-state index in [1.54, 1.807) is 4.72 Å². The van der Waals surface area contributed by atoms with Gasteiger partial charge < -0.3 is 0 Å². The van der Waals surface area contributed by atoms with Crippen LogP contribution in [0.3, 0.4) is 0 Å². The zero-order valence-corrected chi connectivity index (χ0v) is 9.38. The van der Waals surface area contributed by atoms with Crippen molar-refractivity contribution in [1.82, 2.24) is 0 Å². The number of rotatable bonds is 4. The van der Waals surface area contributed by atoms with Gasteiger partial charge >= 0.3 is 0 Å². The van der Waals surface area contributed by atoms with Gasteiger partial charge in [0, 0.05) is 18.0 Å². The number of benzene rings is 1. The van der Waals surface area contributed by atoms with Gasteiger partial charge in [-0.05, 0) is 0 Å². The lowest BCUT2D eigenvalue weighted by Crippen LogP contribution is -2.18. The van der Waals surface area contributed by atoms with Crippen LogP contribution in [-0.2, 0) is 10.0 Å². The molecule has 3 nitrogen and oxygen atoms in total. The summed E-state index contributed by atoms with van der Waals surface area (Å²) in [4.78, 5) is 0. The van der Waals surface area contributed by atoms with Gasteiger partial charge in [0.15, 0.2) is 11.6 Å². The van der Waals surface area contributed by atoms with E-state index in [1.165, 1.54) is 0 Å². The van der Waals surface area contributed by atoms with Gasteiger partial charge in [0.1, 0.15) is 5.82 Å². The molecule has 0 amide bonds. The van der Waals surface area contributed by atoms with Crippen molar-refractivity contribution in [1.29, 1.82) is 0 Å². The third kappa shape index (κ3) is 3.28. The molecule has 0 fully saturated rings. The molecule has 90 valence electrons.